The molecule has 0 saturated heterocycles. The summed E-state index contributed by atoms with van der Waals surface area (Å²) in [6.45, 7) is 7.78. The van der Waals surface area contributed by atoms with Gasteiger partial charge in [0.2, 0.25) is 0 Å². The van der Waals surface area contributed by atoms with Gasteiger partial charge in [0.15, 0.2) is 0 Å². The highest BCUT2D eigenvalue weighted by atomic mass is 16.5. The van der Waals surface area contributed by atoms with Crippen LogP contribution < -0.4 is 0 Å². The van der Waals surface area contributed by atoms with Crippen LogP contribution in [-0.4, -0.2) is 34.5 Å². The lowest BCUT2D eigenvalue weighted by atomic mass is 9.43. The number of furan rings is 1. The van der Waals surface area contributed by atoms with Crippen LogP contribution in [0.1, 0.15) is 65.4 Å². The van der Waals surface area contributed by atoms with Gasteiger partial charge in [0, 0.05) is 24.9 Å². The van der Waals surface area contributed by atoms with E-state index in [1.807, 2.05) is 6.07 Å². The quantitative estimate of drug-likeness (QED) is 0.764. The highest BCUT2D eigenvalue weighted by Crippen LogP contribution is 2.64. The minimum atomic E-state index is -0.886. The lowest BCUT2D eigenvalue weighted by Crippen LogP contribution is -2.67. The molecule has 1 aromatic heterocycles. The average molecular weight is 379 g/mol. The van der Waals surface area contributed by atoms with E-state index in [0.29, 0.717) is 12.8 Å². The van der Waals surface area contributed by atoms with Gasteiger partial charge in [0.05, 0.1) is 18.1 Å². The molecule has 0 aromatic carbocycles. The first-order valence-corrected chi connectivity index (χ1v) is 10.2. The zero-order valence-electron chi connectivity index (χ0n) is 17.0. The van der Waals surface area contributed by atoms with E-state index in [9.17, 15) is 15.0 Å². The van der Waals surface area contributed by atoms with Gasteiger partial charge in [-0.3, -0.25) is 4.79 Å². The summed E-state index contributed by atoms with van der Waals surface area (Å²) in [6, 6.07) is 1.94. The lowest BCUT2D eigenvalue weighted by Gasteiger charge is -2.65. The molecule has 0 amide bonds. The van der Waals surface area contributed by atoms with Crippen LogP contribution in [0.25, 0.3) is 0 Å². The molecule has 0 bridgehead atoms. The SMILES string of the molecule is CC(=O)O[C@@H]1C[C@@H](C)[C@](O)(CCc2ccoc2)[C@@]2(C)CCC[C@](C)(CO)[C@H]12. The Morgan fingerprint density at radius 1 is 1.37 bits per heavy atom. The predicted octanol–water partition coefficient (Wildman–Crippen LogP) is 3.72. The number of carbonyl (C=O) groups excluding carboxylic acids is 1. The molecule has 2 N–H and O–H groups in total. The number of esters is 1. The Hall–Kier alpha value is -1.33. The first-order valence-electron chi connectivity index (χ1n) is 10.2. The van der Waals surface area contributed by atoms with E-state index in [2.05, 4.69) is 20.8 Å². The highest BCUT2D eigenvalue weighted by molar-refractivity contribution is 5.66. The summed E-state index contributed by atoms with van der Waals surface area (Å²) in [4.78, 5) is 11.8. The van der Waals surface area contributed by atoms with E-state index in [4.69, 9.17) is 9.15 Å². The number of ether oxygens (including phenoxy) is 1. The Bertz CT molecular complexity index is 656. The number of hydrogen-bond acceptors (Lipinski definition) is 5. The Morgan fingerprint density at radius 3 is 2.70 bits per heavy atom. The summed E-state index contributed by atoms with van der Waals surface area (Å²) in [6.07, 6.45) is 7.84. The molecule has 6 atom stereocenters. The minimum Gasteiger partial charge on any atom is -0.472 e. The number of rotatable bonds is 5. The molecule has 0 aliphatic heterocycles. The number of fused-ring (bicyclic) bond motifs is 1. The second-order valence-corrected chi connectivity index (χ2v) is 9.40. The standard InChI is InChI=1S/C22H34O5/c1-15-12-18(27-16(2)24)19-20(3,14-23)8-5-9-21(19,4)22(15,25)10-6-17-7-11-26-13-17/h7,11,13,15,18-19,23,25H,5-6,8-10,12,14H2,1-4H3/t15-,18-,19+,20-,21+,22-/m1/s1. The van der Waals surface area contributed by atoms with Crippen molar-refractivity contribution in [3.63, 3.8) is 0 Å². The van der Waals surface area contributed by atoms with Crippen molar-refractivity contribution in [1.82, 2.24) is 0 Å². The Balaban J connectivity index is 1.98. The monoisotopic (exact) mass is 378 g/mol. The van der Waals surface area contributed by atoms with Crippen LogP contribution in [-0.2, 0) is 16.0 Å². The van der Waals surface area contributed by atoms with Crippen molar-refractivity contribution in [3.8, 4) is 0 Å². The van der Waals surface area contributed by atoms with Gasteiger partial charge in [-0.05, 0) is 55.1 Å². The number of carbonyl (C=O) groups is 1. The van der Waals surface area contributed by atoms with E-state index in [-0.39, 0.29) is 35.9 Å². The van der Waals surface area contributed by atoms with Crippen LogP contribution >= 0.6 is 0 Å². The topological polar surface area (TPSA) is 79.9 Å². The van der Waals surface area contributed by atoms with Crippen molar-refractivity contribution in [3.05, 3.63) is 24.2 Å². The van der Waals surface area contributed by atoms with Gasteiger partial charge in [-0.1, -0.05) is 27.2 Å². The zero-order chi connectivity index (χ0) is 19.9. The molecule has 1 aromatic rings. The van der Waals surface area contributed by atoms with Crippen molar-refractivity contribution in [2.24, 2.45) is 22.7 Å². The van der Waals surface area contributed by atoms with E-state index < -0.39 is 11.0 Å². The van der Waals surface area contributed by atoms with E-state index >= 15 is 0 Å². The second-order valence-electron chi connectivity index (χ2n) is 9.40. The Labute approximate surface area is 162 Å². The fraction of sp³-hybridized carbons (Fsp3) is 0.773. The smallest absolute Gasteiger partial charge is 0.302 e. The van der Waals surface area contributed by atoms with Gasteiger partial charge in [0.25, 0.3) is 0 Å². The molecule has 152 valence electrons. The average Bonchev–Trinajstić information content (AvgIpc) is 3.11. The minimum absolute atomic E-state index is 0.00366. The molecule has 0 unspecified atom stereocenters. The van der Waals surface area contributed by atoms with Crippen LogP contribution in [0.15, 0.2) is 23.0 Å². The predicted molar refractivity (Wildman–Crippen MR) is 102 cm³/mol. The van der Waals surface area contributed by atoms with Gasteiger partial charge >= 0.3 is 5.97 Å². The molecule has 5 nitrogen and oxygen atoms in total. The summed E-state index contributed by atoms with van der Waals surface area (Å²) in [7, 11) is 0. The molecule has 2 aliphatic carbocycles. The molecular formula is C22H34O5. The van der Waals surface area contributed by atoms with Crippen LogP contribution in [0.2, 0.25) is 0 Å². The van der Waals surface area contributed by atoms with Gasteiger partial charge in [-0.2, -0.15) is 0 Å². The summed E-state index contributed by atoms with van der Waals surface area (Å²) in [5.74, 6) is -0.363. The fourth-order valence-corrected chi connectivity index (χ4v) is 6.34. The van der Waals surface area contributed by atoms with Crippen LogP contribution in [0.5, 0.6) is 0 Å². The Morgan fingerprint density at radius 2 is 2.11 bits per heavy atom. The molecule has 0 radical (unpaired) electrons. The molecule has 5 heteroatoms. The fourth-order valence-electron chi connectivity index (χ4n) is 6.34. The lowest BCUT2D eigenvalue weighted by molar-refractivity contribution is -0.256. The zero-order valence-corrected chi connectivity index (χ0v) is 17.0. The number of aliphatic hydroxyl groups is 2. The summed E-state index contributed by atoms with van der Waals surface area (Å²) in [5, 5.41) is 22.3. The van der Waals surface area contributed by atoms with Crippen molar-refractivity contribution in [2.75, 3.05) is 6.61 Å². The molecule has 2 aliphatic rings. The molecule has 2 saturated carbocycles. The maximum absolute atomic E-state index is 12.0. The van der Waals surface area contributed by atoms with Gasteiger partial charge in [0.1, 0.15) is 6.10 Å². The molecule has 0 spiro atoms. The van der Waals surface area contributed by atoms with Crippen LogP contribution in [0, 0.1) is 22.7 Å². The summed E-state index contributed by atoms with van der Waals surface area (Å²) in [5.41, 5.74) is -0.595. The molecule has 27 heavy (non-hydrogen) atoms. The van der Waals surface area contributed by atoms with Gasteiger partial charge in [-0.15, -0.1) is 0 Å². The number of aliphatic hydroxyl groups excluding tert-OH is 1. The molecular weight excluding hydrogens is 344 g/mol. The van der Waals surface area contributed by atoms with E-state index in [1.54, 1.807) is 12.5 Å². The normalized spacial score (nSPS) is 41.8. The number of hydrogen-bond donors (Lipinski definition) is 2. The van der Waals surface area contributed by atoms with Gasteiger partial charge < -0.3 is 19.4 Å². The highest BCUT2D eigenvalue weighted by Gasteiger charge is 2.65. The third-order valence-electron chi connectivity index (χ3n) is 7.70. The van der Waals surface area contributed by atoms with Crippen molar-refractivity contribution in [2.45, 2.75) is 77.9 Å². The summed E-state index contributed by atoms with van der Waals surface area (Å²) >= 11 is 0. The Kier molecular flexibility index (Phi) is 5.48. The van der Waals surface area contributed by atoms with Crippen molar-refractivity contribution < 1.29 is 24.2 Å². The second kappa shape index (κ2) is 7.25. The van der Waals surface area contributed by atoms with Crippen molar-refractivity contribution in [1.29, 1.82) is 0 Å². The van der Waals surface area contributed by atoms with Crippen LogP contribution in [0.3, 0.4) is 0 Å². The summed E-state index contributed by atoms with van der Waals surface area (Å²) < 4.78 is 10.9. The molecule has 3 rings (SSSR count). The van der Waals surface area contributed by atoms with Crippen molar-refractivity contribution >= 4 is 5.97 Å². The maximum Gasteiger partial charge on any atom is 0.302 e. The van der Waals surface area contributed by atoms with E-state index in [0.717, 1.165) is 31.2 Å². The van der Waals surface area contributed by atoms with Gasteiger partial charge in [-0.25, -0.2) is 0 Å². The maximum atomic E-state index is 12.0. The molecule has 2 fully saturated rings. The first kappa shape index (κ1) is 20.4. The third-order valence-corrected chi connectivity index (χ3v) is 7.70. The van der Waals surface area contributed by atoms with Crippen LogP contribution in [0.4, 0.5) is 0 Å². The van der Waals surface area contributed by atoms with E-state index in [1.165, 1.54) is 6.92 Å². The molecule has 1 heterocycles. The largest absolute Gasteiger partial charge is 0.472 e. The number of aryl methyl sites for hydroxylation is 1. The third kappa shape index (κ3) is 3.33. The first-order chi connectivity index (χ1) is 12.7.